The largest absolute Gasteiger partial charge is 0.396 e. The summed E-state index contributed by atoms with van der Waals surface area (Å²) in [7, 11) is 0. The summed E-state index contributed by atoms with van der Waals surface area (Å²) in [5, 5.41) is 20.5. The fourth-order valence-corrected chi connectivity index (χ4v) is 3.07. The van der Waals surface area contributed by atoms with Crippen molar-refractivity contribution in [3.8, 4) is 0 Å². The highest BCUT2D eigenvalue weighted by atomic mass is 32.1. The highest BCUT2D eigenvalue weighted by Crippen LogP contribution is 2.26. The Hall–Kier alpha value is -1.72. The molecule has 0 saturated carbocycles. The Labute approximate surface area is 115 Å². The van der Waals surface area contributed by atoms with Gasteiger partial charge < -0.3 is 5.11 Å². The second-order valence-electron chi connectivity index (χ2n) is 4.49. The molecular weight excluding hydrogens is 258 g/mol. The molecule has 0 atom stereocenters. The van der Waals surface area contributed by atoms with E-state index < -0.39 is 0 Å². The van der Waals surface area contributed by atoms with E-state index in [1.165, 1.54) is 15.6 Å². The van der Waals surface area contributed by atoms with Crippen LogP contribution in [0.15, 0.2) is 35.8 Å². The van der Waals surface area contributed by atoms with Crippen LogP contribution in [0.2, 0.25) is 0 Å². The molecule has 0 unspecified atom stereocenters. The molecule has 2 aromatic heterocycles. The normalized spacial score (nSPS) is 11.2. The number of thiophene rings is 1. The van der Waals surface area contributed by atoms with Crippen molar-refractivity contribution in [2.75, 3.05) is 6.61 Å². The second-order valence-corrected chi connectivity index (χ2v) is 5.40. The van der Waals surface area contributed by atoms with E-state index in [-0.39, 0.29) is 6.61 Å². The van der Waals surface area contributed by atoms with Gasteiger partial charge in [0.15, 0.2) is 0 Å². The van der Waals surface area contributed by atoms with Crippen LogP contribution < -0.4 is 0 Å². The van der Waals surface area contributed by atoms with Gasteiger partial charge in [-0.3, -0.25) is 0 Å². The number of benzene rings is 1. The predicted octanol–water partition coefficient (Wildman–Crippen LogP) is 2.47. The van der Waals surface area contributed by atoms with Gasteiger partial charge in [-0.15, -0.1) is 16.4 Å². The van der Waals surface area contributed by atoms with Crippen molar-refractivity contribution in [1.29, 1.82) is 0 Å². The molecule has 0 aliphatic rings. The van der Waals surface area contributed by atoms with Crippen molar-refractivity contribution in [3.63, 3.8) is 0 Å². The molecule has 0 amide bonds. The molecule has 1 aromatic carbocycles. The zero-order valence-electron chi connectivity index (χ0n) is 10.5. The van der Waals surface area contributed by atoms with Gasteiger partial charge in [0.1, 0.15) is 0 Å². The number of hydrogen-bond acceptors (Lipinski definition) is 4. The molecule has 5 heteroatoms. The minimum atomic E-state index is 0.196. The van der Waals surface area contributed by atoms with E-state index in [1.807, 2.05) is 10.9 Å². The maximum absolute atomic E-state index is 8.81. The Kier molecular flexibility index (Phi) is 3.57. The quantitative estimate of drug-likeness (QED) is 0.777. The lowest BCUT2D eigenvalue weighted by Crippen LogP contribution is -1.99. The smallest absolute Gasteiger partial charge is 0.0828 e. The lowest BCUT2D eigenvalue weighted by atomic mass is 10.2. The molecule has 3 aromatic rings. The van der Waals surface area contributed by atoms with Crippen LogP contribution in [0.5, 0.6) is 0 Å². The summed E-state index contributed by atoms with van der Waals surface area (Å²) in [4.78, 5) is 0. The number of hydrogen-bond donors (Lipinski definition) is 1. The minimum Gasteiger partial charge on any atom is -0.396 e. The summed E-state index contributed by atoms with van der Waals surface area (Å²) in [5.74, 6) is 0. The van der Waals surface area contributed by atoms with Gasteiger partial charge in [0.25, 0.3) is 0 Å². The van der Waals surface area contributed by atoms with E-state index in [1.54, 1.807) is 11.3 Å². The van der Waals surface area contributed by atoms with Crippen molar-refractivity contribution in [3.05, 3.63) is 47.1 Å². The number of fused-ring (bicyclic) bond motifs is 1. The lowest BCUT2D eigenvalue weighted by molar-refractivity contribution is 0.288. The highest BCUT2D eigenvalue weighted by molar-refractivity contribution is 7.17. The van der Waals surface area contributed by atoms with E-state index in [4.69, 9.17) is 5.11 Å². The monoisotopic (exact) mass is 273 g/mol. The Morgan fingerprint density at radius 1 is 1.26 bits per heavy atom. The Bertz CT molecular complexity index is 674. The summed E-state index contributed by atoms with van der Waals surface area (Å²) >= 11 is 1.76. The Morgan fingerprint density at radius 3 is 3.05 bits per heavy atom. The van der Waals surface area contributed by atoms with E-state index in [0.717, 1.165) is 25.1 Å². The van der Waals surface area contributed by atoms with Gasteiger partial charge >= 0.3 is 0 Å². The van der Waals surface area contributed by atoms with Crippen LogP contribution >= 0.6 is 11.3 Å². The molecular formula is C14H15N3OS. The van der Waals surface area contributed by atoms with E-state index in [2.05, 4.69) is 40.0 Å². The van der Waals surface area contributed by atoms with E-state index in [0.29, 0.717) is 0 Å². The fraction of sp³-hybridized carbons (Fsp3) is 0.286. The SMILES string of the molecule is OCCCc1cn(Cc2csc3ccccc23)nn1. The number of aliphatic hydroxyl groups excluding tert-OH is 1. The number of aromatic nitrogens is 3. The summed E-state index contributed by atoms with van der Waals surface area (Å²) in [5.41, 5.74) is 2.22. The van der Waals surface area contributed by atoms with E-state index >= 15 is 0 Å². The zero-order chi connectivity index (χ0) is 13.1. The first-order valence-electron chi connectivity index (χ1n) is 6.32. The first kappa shape index (κ1) is 12.3. The molecule has 2 heterocycles. The Balaban J connectivity index is 1.79. The molecule has 98 valence electrons. The predicted molar refractivity (Wildman–Crippen MR) is 76.4 cm³/mol. The van der Waals surface area contributed by atoms with Gasteiger partial charge in [-0.25, -0.2) is 4.68 Å². The summed E-state index contributed by atoms with van der Waals surface area (Å²) in [6.07, 6.45) is 3.48. The number of rotatable bonds is 5. The number of nitrogens with zero attached hydrogens (tertiary/aromatic N) is 3. The van der Waals surface area contributed by atoms with Gasteiger partial charge in [0.05, 0.1) is 12.2 Å². The molecule has 3 rings (SSSR count). The molecule has 0 fully saturated rings. The zero-order valence-corrected chi connectivity index (χ0v) is 11.3. The third-order valence-electron chi connectivity index (χ3n) is 3.07. The third-order valence-corrected chi connectivity index (χ3v) is 4.08. The van der Waals surface area contributed by atoms with Crippen LogP contribution in [0.1, 0.15) is 17.7 Å². The standard InChI is InChI=1S/C14H15N3OS/c18-7-3-4-12-9-17(16-15-12)8-11-10-19-14-6-2-1-5-13(11)14/h1-2,5-6,9-10,18H,3-4,7-8H2. The van der Waals surface area contributed by atoms with Gasteiger partial charge in [0.2, 0.25) is 0 Å². The minimum absolute atomic E-state index is 0.196. The van der Waals surface area contributed by atoms with E-state index in [9.17, 15) is 0 Å². The second kappa shape index (κ2) is 5.50. The molecule has 0 radical (unpaired) electrons. The summed E-state index contributed by atoms with van der Waals surface area (Å²) in [6.45, 7) is 0.943. The average molecular weight is 273 g/mol. The average Bonchev–Trinajstić information content (AvgIpc) is 3.05. The van der Waals surface area contributed by atoms with Crippen molar-refractivity contribution < 1.29 is 5.11 Å². The van der Waals surface area contributed by atoms with Crippen LogP contribution in [0.3, 0.4) is 0 Å². The van der Waals surface area contributed by atoms with Crippen molar-refractivity contribution in [2.24, 2.45) is 0 Å². The Morgan fingerprint density at radius 2 is 2.16 bits per heavy atom. The number of aliphatic hydroxyl groups is 1. The van der Waals surface area contributed by atoms with Gasteiger partial charge in [-0.1, -0.05) is 23.4 Å². The van der Waals surface area contributed by atoms with Crippen molar-refractivity contribution >= 4 is 21.4 Å². The van der Waals surface area contributed by atoms with Crippen LogP contribution in [0, 0.1) is 0 Å². The fourth-order valence-electron chi connectivity index (χ4n) is 2.12. The molecule has 0 spiro atoms. The van der Waals surface area contributed by atoms with Crippen LogP contribution in [0.25, 0.3) is 10.1 Å². The van der Waals surface area contributed by atoms with Gasteiger partial charge in [0, 0.05) is 17.5 Å². The highest BCUT2D eigenvalue weighted by Gasteiger charge is 2.06. The summed E-state index contributed by atoms with van der Waals surface area (Å²) in [6, 6.07) is 8.40. The first-order valence-corrected chi connectivity index (χ1v) is 7.20. The molecule has 4 nitrogen and oxygen atoms in total. The van der Waals surface area contributed by atoms with Crippen molar-refractivity contribution in [1.82, 2.24) is 15.0 Å². The molecule has 19 heavy (non-hydrogen) atoms. The molecule has 0 bridgehead atoms. The maximum atomic E-state index is 8.81. The molecule has 0 saturated heterocycles. The maximum Gasteiger partial charge on any atom is 0.0828 e. The van der Waals surface area contributed by atoms with Crippen LogP contribution in [0.4, 0.5) is 0 Å². The van der Waals surface area contributed by atoms with Crippen LogP contribution in [-0.2, 0) is 13.0 Å². The summed E-state index contributed by atoms with van der Waals surface area (Å²) < 4.78 is 3.17. The molecule has 0 aliphatic heterocycles. The first-order chi connectivity index (χ1) is 9.36. The third kappa shape index (κ3) is 2.67. The van der Waals surface area contributed by atoms with Gasteiger partial charge in [-0.2, -0.15) is 0 Å². The molecule has 1 N–H and O–H groups in total. The van der Waals surface area contributed by atoms with Crippen LogP contribution in [-0.4, -0.2) is 26.7 Å². The lowest BCUT2D eigenvalue weighted by Gasteiger charge is -1.98. The number of aryl methyl sites for hydroxylation is 1. The topological polar surface area (TPSA) is 50.9 Å². The van der Waals surface area contributed by atoms with Crippen molar-refractivity contribution in [2.45, 2.75) is 19.4 Å². The molecule has 0 aliphatic carbocycles. The van der Waals surface area contributed by atoms with Gasteiger partial charge in [-0.05, 0) is 35.2 Å².